The van der Waals surface area contributed by atoms with E-state index in [4.69, 9.17) is 9.84 Å². The van der Waals surface area contributed by atoms with E-state index in [1.807, 2.05) is 48.5 Å². The average Bonchev–Trinajstić information content (AvgIpc) is 2.99. The van der Waals surface area contributed by atoms with Crippen molar-refractivity contribution in [1.82, 2.24) is 4.90 Å². The summed E-state index contributed by atoms with van der Waals surface area (Å²) >= 11 is 0. The SMILES string of the molecule is O=C(O)C1=C(F)CN(C(=O)OCC2c3ccccc3-c3ccccc32)CC1. The molecule has 1 heterocycles. The van der Waals surface area contributed by atoms with Crippen LogP contribution in [0.25, 0.3) is 11.1 Å². The van der Waals surface area contributed by atoms with E-state index in [1.54, 1.807) is 0 Å². The maximum absolute atomic E-state index is 13.9. The molecule has 0 radical (unpaired) electrons. The van der Waals surface area contributed by atoms with Crippen molar-refractivity contribution in [2.24, 2.45) is 0 Å². The predicted molar refractivity (Wildman–Crippen MR) is 97.0 cm³/mol. The smallest absolute Gasteiger partial charge is 0.410 e. The number of hydrogen-bond donors (Lipinski definition) is 1. The molecule has 1 amide bonds. The number of nitrogens with zero attached hydrogens (tertiary/aromatic N) is 1. The van der Waals surface area contributed by atoms with Gasteiger partial charge >= 0.3 is 12.1 Å². The van der Waals surface area contributed by atoms with Gasteiger partial charge in [0.05, 0.1) is 12.1 Å². The summed E-state index contributed by atoms with van der Waals surface area (Å²) in [5.41, 5.74) is 4.20. The molecule has 2 aromatic rings. The lowest BCUT2D eigenvalue weighted by molar-refractivity contribution is -0.133. The number of amides is 1. The monoisotopic (exact) mass is 367 g/mol. The number of carbonyl (C=O) groups excluding carboxylic acids is 1. The molecule has 27 heavy (non-hydrogen) atoms. The summed E-state index contributed by atoms with van der Waals surface area (Å²) in [4.78, 5) is 24.5. The summed E-state index contributed by atoms with van der Waals surface area (Å²) in [5.74, 6) is -2.14. The molecule has 0 unspecified atom stereocenters. The second-order valence-electron chi connectivity index (χ2n) is 6.66. The van der Waals surface area contributed by atoms with Crippen LogP contribution < -0.4 is 0 Å². The minimum atomic E-state index is -1.28. The molecule has 5 nitrogen and oxygen atoms in total. The molecule has 0 saturated heterocycles. The average molecular weight is 367 g/mol. The van der Waals surface area contributed by atoms with Crippen molar-refractivity contribution in [3.63, 3.8) is 0 Å². The zero-order valence-corrected chi connectivity index (χ0v) is 14.5. The van der Waals surface area contributed by atoms with Crippen molar-refractivity contribution >= 4 is 12.1 Å². The minimum absolute atomic E-state index is 0.0225. The Bertz CT molecular complexity index is 907. The fraction of sp³-hybridized carbons (Fsp3) is 0.238. The first-order chi connectivity index (χ1) is 13.1. The van der Waals surface area contributed by atoms with Gasteiger partial charge in [-0.05, 0) is 28.7 Å². The molecular weight excluding hydrogens is 349 g/mol. The summed E-state index contributed by atoms with van der Waals surface area (Å²) in [6, 6.07) is 16.0. The zero-order chi connectivity index (χ0) is 19.0. The standard InChI is InChI=1S/C21H18FNO4/c22-19-11-23(10-9-17(19)20(24)25)21(26)27-12-18-15-7-3-1-5-13(15)14-6-2-4-8-16(14)18/h1-8,18H,9-12H2,(H,24,25). The molecule has 1 N–H and O–H groups in total. The van der Waals surface area contributed by atoms with Gasteiger partial charge in [-0.3, -0.25) is 0 Å². The molecule has 1 aliphatic heterocycles. The van der Waals surface area contributed by atoms with Crippen LogP contribution in [0, 0.1) is 0 Å². The Labute approximate surface area is 155 Å². The van der Waals surface area contributed by atoms with Gasteiger partial charge in [0.2, 0.25) is 0 Å². The molecule has 1 aliphatic carbocycles. The van der Waals surface area contributed by atoms with E-state index in [9.17, 15) is 14.0 Å². The van der Waals surface area contributed by atoms with Crippen molar-refractivity contribution in [3.05, 3.63) is 71.1 Å². The minimum Gasteiger partial charge on any atom is -0.478 e. The lowest BCUT2D eigenvalue weighted by Crippen LogP contribution is -2.38. The van der Waals surface area contributed by atoms with Crippen LogP contribution in [0.4, 0.5) is 9.18 Å². The van der Waals surface area contributed by atoms with E-state index in [1.165, 1.54) is 4.90 Å². The van der Waals surface area contributed by atoms with E-state index in [0.29, 0.717) is 0 Å². The molecule has 2 aromatic carbocycles. The summed E-state index contributed by atoms with van der Waals surface area (Å²) in [6.45, 7) is -0.0789. The first-order valence-corrected chi connectivity index (χ1v) is 8.77. The van der Waals surface area contributed by atoms with Crippen molar-refractivity contribution < 1.29 is 23.8 Å². The van der Waals surface area contributed by atoms with Crippen LogP contribution in [0.5, 0.6) is 0 Å². The molecule has 0 bridgehead atoms. The Hall–Kier alpha value is -3.15. The number of benzene rings is 2. The number of halogens is 1. The van der Waals surface area contributed by atoms with E-state index >= 15 is 0 Å². The van der Waals surface area contributed by atoms with Gasteiger partial charge in [-0.25, -0.2) is 14.0 Å². The van der Waals surface area contributed by atoms with Crippen LogP contribution in [-0.4, -0.2) is 41.8 Å². The molecule has 2 aliphatic rings. The normalized spacial score (nSPS) is 16.1. The Kier molecular flexibility index (Phi) is 4.39. The molecule has 0 atom stereocenters. The van der Waals surface area contributed by atoms with E-state index in [0.717, 1.165) is 22.3 Å². The van der Waals surface area contributed by atoms with E-state index < -0.39 is 17.9 Å². The fourth-order valence-corrected chi connectivity index (χ4v) is 3.79. The lowest BCUT2D eigenvalue weighted by Gasteiger charge is -2.26. The van der Waals surface area contributed by atoms with Gasteiger partial charge in [-0.2, -0.15) is 0 Å². The highest BCUT2D eigenvalue weighted by Gasteiger charge is 2.31. The van der Waals surface area contributed by atoms with Gasteiger partial charge in [0.15, 0.2) is 0 Å². The maximum atomic E-state index is 13.9. The van der Waals surface area contributed by atoms with E-state index in [-0.39, 0.29) is 37.6 Å². The van der Waals surface area contributed by atoms with Gasteiger partial charge in [0.1, 0.15) is 12.4 Å². The number of ether oxygens (including phenoxy) is 1. The second-order valence-corrected chi connectivity index (χ2v) is 6.66. The first-order valence-electron chi connectivity index (χ1n) is 8.77. The third-order valence-corrected chi connectivity index (χ3v) is 5.14. The van der Waals surface area contributed by atoms with Crippen molar-refractivity contribution in [2.75, 3.05) is 19.7 Å². The molecule has 0 fully saturated rings. The molecule has 0 aromatic heterocycles. The van der Waals surface area contributed by atoms with Crippen LogP contribution in [0.2, 0.25) is 0 Å². The van der Waals surface area contributed by atoms with Crippen LogP contribution in [0.15, 0.2) is 59.9 Å². The predicted octanol–water partition coefficient (Wildman–Crippen LogP) is 3.95. The largest absolute Gasteiger partial charge is 0.478 e. The molecule has 0 spiro atoms. The number of carboxylic acid groups (broad SMARTS) is 1. The number of carbonyl (C=O) groups is 2. The third-order valence-electron chi connectivity index (χ3n) is 5.14. The molecular formula is C21H18FNO4. The number of hydrogen-bond acceptors (Lipinski definition) is 3. The Morgan fingerprint density at radius 2 is 1.67 bits per heavy atom. The number of aliphatic carboxylic acids is 1. The zero-order valence-electron chi connectivity index (χ0n) is 14.5. The first kappa shape index (κ1) is 17.3. The van der Waals surface area contributed by atoms with Crippen LogP contribution >= 0.6 is 0 Å². The Balaban J connectivity index is 1.48. The third kappa shape index (κ3) is 3.07. The van der Waals surface area contributed by atoms with Gasteiger partial charge in [0, 0.05) is 12.5 Å². The quantitative estimate of drug-likeness (QED) is 0.892. The summed E-state index contributed by atoms with van der Waals surface area (Å²) in [5, 5.41) is 8.93. The van der Waals surface area contributed by atoms with Crippen LogP contribution in [-0.2, 0) is 9.53 Å². The van der Waals surface area contributed by atoms with Crippen molar-refractivity contribution in [2.45, 2.75) is 12.3 Å². The van der Waals surface area contributed by atoms with Gasteiger partial charge in [-0.15, -0.1) is 0 Å². The Morgan fingerprint density at radius 1 is 1.07 bits per heavy atom. The highest BCUT2D eigenvalue weighted by molar-refractivity contribution is 5.88. The number of rotatable bonds is 3. The fourth-order valence-electron chi connectivity index (χ4n) is 3.79. The molecule has 6 heteroatoms. The van der Waals surface area contributed by atoms with Gasteiger partial charge in [-0.1, -0.05) is 48.5 Å². The highest BCUT2D eigenvalue weighted by Crippen LogP contribution is 2.44. The molecule has 0 saturated carbocycles. The number of fused-ring (bicyclic) bond motifs is 3. The highest BCUT2D eigenvalue weighted by atomic mass is 19.1. The number of carboxylic acids is 1. The van der Waals surface area contributed by atoms with E-state index in [2.05, 4.69) is 0 Å². The summed E-state index contributed by atoms with van der Waals surface area (Å²) in [6.07, 6.45) is -0.651. The topological polar surface area (TPSA) is 66.8 Å². The summed E-state index contributed by atoms with van der Waals surface area (Å²) < 4.78 is 19.4. The Morgan fingerprint density at radius 3 is 2.22 bits per heavy atom. The van der Waals surface area contributed by atoms with Gasteiger partial charge in [0.25, 0.3) is 0 Å². The van der Waals surface area contributed by atoms with Crippen LogP contribution in [0.3, 0.4) is 0 Å². The molecule has 4 rings (SSSR count). The molecule has 138 valence electrons. The second kappa shape index (κ2) is 6.87. The summed E-state index contributed by atoms with van der Waals surface area (Å²) in [7, 11) is 0. The van der Waals surface area contributed by atoms with Crippen molar-refractivity contribution in [1.29, 1.82) is 0 Å². The van der Waals surface area contributed by atoms with Gasteiger partial charge < -0.3 is 14.7 Å². The maximum Gasteiger partial charge on any atom is 0.410 e. The van der Waals surface area contributed by atoms with Crippen LogP contribution in [0.1, 0.15) is 23.5 Å². The lowest BCUT2D eigenvalue weighted by atomic mass is 9.98. The van der Waals surface area contributed by atoms with Crippen molar-refractivity contribution in [3.8, 4) is 11.1 Å².